The van der Waals surface area contributed by atoms with Crippen molar-refractivity contribution in [3.63, 3.8) is 0 Å². The third-order valence-corrected chi connectivity index (χ3v) is 3.66. The molecule has 1 saturated heterocycles. The molecule has 2 aliphatic rings. The zero-order chi connectivity index (χ0) is 12.6. The van der Waals surface area contributed by atoms with Crippen LogP contribution in [0.1, 0.15) is 22.8 Å². The zero-order valence-corrected chi connectivity index (χ0v) is 10.5. The third-order valence-electron chi connectivity index (χ3n) is 3.66. The summed E-state index contributed by atoms with van der Waals surface area (Å²) in [7, 11) is 0. The first kappa shape index (κ1) is 11.7. The number of fused-ring (bicyclic) bond motifs is 1. The Labute approximate surface area is 106 Å². The van der Waals surface area contributed by atoms with E-state index >= 15 is 0 Å². The van der Waals surface area contributed by atoms with Crippen molar-refractivity contribution >= 4 is 5.97 Å². The van der Waals surface area contributed by atoms with Gasteiger partial charge in [0.25, 0.3) is 0 Å². The molecule has 1 aromatic rings. The Morgan fingerprint density at radius 3 is 2.78 bits per heavy atom. The first-order valence-electron chi connectivity index (χ1n) is 6.32. The van der Waals surface area contributed by atoms with Gasteiger partial charge in [-0.1, -0.05) is 18.2 Å². The van der Waals surface area contributed by atoms with E-state index in [1.165, 1.54) is 0 Å². The molecule has 0 N–H and O–H groups in total. The van der Waals surface area contributed by atoms with Crippen LogP contribution in [0.4, 0.5) is 0 Å². The maximum absolute atomic E-state index is 11.9. The first-order valence-corrected chi connectivity index (χ1v) is 6.32. The molecule has 0 amide bonds. The number of ether oxygens (including phenoxy) is 2. The molecule has 0 aromatic heterocycles. The topological polar surface area (TPSA) is 38.8 Å². The number of hydrogen-bond donors (Lipinski definition) is 0. The van der Waals surface area contributed by atoms with Crippen LogP contribution >= 0.6 is 0 Å². The van der Waals surface area contributed by atoms with Crippen molar-refractivity contribution < 1.29 is 14.3 Å². The van der Waals surface area contributed by atoms with Gasteiger partial charge in [-0.25, -0.2) is 4.79 Å². The molecular formula is C14H17NO3. The Morgan fingerprint density at radius 2 is 2.00 bits per heavy atom. The molecule has 0 aliphatic carbocycles. The summed E-state index contributed by atoms with van der Waals surface area (Å²) in [6.45, 7) is 6.03. The van der Waals surface area contributed by atoms with Gasteiger partial charge in [-0.15, -0.1) is 0 Å². The largest absolute Gasteiger partial charge is 0.449 e. The van der Waals surface area contributed by atoms with Gasteiger partial charge < -0.3 is 9.47 Å². The van der Waals surface area contributed by atoms with Crippen LogP contribution in [0.15, 0.2) is 24.3 Å². The SMILES string of the molecule is CC1(CN2CCOCC2)OC(=O)c2ccccc21. The normalized spacial score (nSPS) is 27.9. The van der Waals surface area contributed by atoms with Crippen LogP contribution in [-0.2, 0) is 15.1 Å². The van der Waals surface area contributed by atoms with Crippen LogP contribution in [0.25, 0.3) is 0 Å². The summed E-state index contributed by atoms with van der Waals surface area (Å²) in [5.41, 5.74) is 1.18. The van der Waals surface area contributed by atoms with Gasteiger partial charge in [0.1, 0.15) is 5.60 Å². The van der Waals surface area contributed by atoms with E-state index in [1.807, 2.05) is 31.2 Å². The quantitative estimate of drug-likeness (QED) is 0.741. The molecule has 2 aliphatic heterocycles. The number of carbonyl (C=O) groups excluding carboxylic acids is 1. The average Bonchev–Trinajstić information content (AvgIpc) is 2.63. The number of carbonyl (C=O) groups is 1. The van der Waals surface area contributed by atoms with E-state index in [2.05, 4.69) is 4.90 Å². The van der Waals surface area contributed by atoms with Gasteiger partial charge in [-0.2, -0.15) is 0 Å². The molecule has 4 heteroatoms. The number of esters is 1. The highest BCUT2D eigenvalue weighted by molar-refractivity contribution is 5.94. The Hall–Kier alpha value is -1.39. The lowest BCUT2D eigenvalue weighted by Gasteiger charge is -2.34. The fourth-order valence-corrected chi connectivity index (χ4v) is 2.74. The summed E-state index contributed by atoms with van der Waals surface area (Å²) in [5, 5.41) is 0. The van der Waals surface area contributed by atoms with Crippen molar-refractivity contribution in [1.82, 2.24) is 4.90 Å². The van der Waals surface area contributed by atoms with Gasteiger partial charge in [0.2, 0.25) is 0 Å². The van der Waals surface area contributed by atoms with Gasteiger partial charge in [0, 0.05) is 25.2 Å². The summed E-state index contributed by atoms with van der Waals surface area (Å²) in [5.74, 6) is -0.207. The van der Waals surface area contributed by atoms with E-state index < -0.39 is 5.60 Å². The Kier molecular flexibility index (Phi) is 2.84. The maximum Gasteiger partial charge on any atom is 0.339 e. The molecule has 1 fully saturated rings. The highest BCUT2D eigenvalue weighted by Crippen LogP contribution is 2.36. The maximum atomic E-state index is 11.9. The van der Waals surface area contributed by atoms with Crippen LogP contribution in [-0.4, -0.2) is 43.7 Å². The van der Waals surface area contributed by atoms with E-state index in [9.17, 15) is 4.79 Å². The van der Waals surface area contributed by atoms with Crippen LogP contribution in [0.3, 0.4) is 0 Å². The predicted octanol–water partition coefficient (Wildman–Crippen LogP) is 1.40. The molecule has 0 bridgehead atoms. The van der Waals surface area contributed by atoms with Gasteiger partial charge in [0.05, 0.1) is 18.8 Å². The minimum absolute atomic E-state index is 0.207. The van der Waals surface area contributed by atoms with Crippen LogP contribution in [0, 0.1) is 0 Å². The van der Waals surface area contributed by atoms with E-state index in [4.69, 9.17) is 9.47 Å². The first-order chi connectivity index (χ1) is 8.69. The Morgan fingerprint density at radius 1 is 1.28 bits per heavy atom. The van der Waals surface area contributed by atoms with E-state index in [-0.39, 0.29) is 5.97 Å². The van der Waals surface area contributed by atoms with Crippen LogP contribution in [0.5, 0.6) is 0 Å². The lowest BCUT2D eigenvalue weighted by molar-refractivity contribution is -0.0375. The summed E-state index contributed by atoms with van der Waals surface area (Å²) in [4.78, 5) is 14.1. The minimum atomic E-state index is -0.523. The molecule has 2 heterocycles. The molecule has 0 saturated carbocycles. The van der Waals surface area contributed by atoms with Crippen LogP contribution in [0.2, 0.25) is 0 Å². The summed E-state index contributed by atoms with van der Waals surface area (Å²) < 4.78 is 10.9. The highest BCUT2D eigenvalue weighted by atomic mass is 16.6. The van der Waals surface area contributed by atoms with Crippen molar-refractivity contribution in [2.24, 2.45) is 0 Å². The average molecular weight is 247 g/mol. The monoisotopic (exact) mass is 247 g/mol. The second-order valence-electron chi connectivity index (χ2n) is 5.05. The van der Waals surface area contributed by atoms with E-state index in [1.54, 1.807) is 0 Å². The van der Waals surface area contributed by atoms with Crippen molar-refractivity contribution in [2.75, 3.05) is 32.8 Å². The van der Waals surface area contributed by atoms with E-state index in [0.29, 0.717) is 5.56 Å². The zero-order valence-electron chi connectivity index (χ0n) is 10.5. The third kappa shape index (κ3) is 1.91. The smallest absolute Gasteiger partial charge is 0.339 e. The van der Waals surface area contributed by atoms with E-state index in [0.717, 1.165) is 38.4 Å². The summed E-state index contributed by atoms with van der Waals surface area (Å²) >= 11 is 0. The fraction of sp³-hybridized carbons (Fsp3) is 0.500. The molecule has 96 valence electrons. The second kappa shape index (κ2) is 4.37. The lowest BCUT2D eigenvalue weighted by Crippen LogP contribution is -2.44. The number of rotatable bonds is 2. The van der Waals surface area contributed by atoms with Crippen molar-refractivity contribution in [1.29, 1.82) is 0 Å². The van der Waals surface area contributed by atoms with Crippen molar-refractivity contribution in [3.8, 4) is 0 Å². The number of morpholine rings is 1. The summed E-state index contributed by atoms with van der Waals surface area (Å²) in [6, 6.07) is 7.65. The second-order valence-corrected chi connectivity index (χ2v) is 5.05. The molecule has 4 nitrogen and oxygen atoms in total. The molecule has 3 rings (SSSR count). The van der Waals surface area contributed by atoms with Gasteiger partial charge >= 0.3 is 5.97 Å². The molecule has 1 aromatic carbocycles. The standard InChI is InChI=1S/C14H17NO3/c1-14(10-15-6-8-17-9-7-15)12-5-3-2-4-11(12)13(16)18-14/h2-5H,6-10H2,1H3. The molecule has 1 unspecified atom stereocenters. The molecule has 18 heavy (non-hydrogen) atoms. The van der Waals surface area contributed by atoms with Crippen LogP contribution < -0.4 is 0 Å². The van der Waals surface area contributed by atoms with Crippen molar-refractivity contribution in [3.05, 3.63) is 35.4 Å². The Balaban J connectivity index is 1.85. The minimum Gasteiger partial charge on any atom is -0.449 e. The van der Waals surface area contributed by atoms with Gasteiger partial charge in [-0.3, -0.25) is 4.90 Å². The molecule has 0 radical (unpaired) electrons. The van der Waals surface area contributed by atoms with Crippen molar-refractivity contribution in [2.45, 2.75) is 12.5 Å². The lowest BCUT2D eigenvalue weighted by atomic mass is 9.93. The number of benzene rings is 1. The van der Waals surface area contributed by atoms with Gasteiger partial charge in [-0.05, 0) is 13.0 Å². The molecule has 1 atom stereocenters. The summed E-state index contributed by atoms with van der Waals surface area (Å²) in [6.07, 6.45) is 0. The fourth-order valence-electron chi connectivity index (χ4n) is 2.74. The molecular weight excluding hydrogens is 230 g/mol. The van der Waals surface area contributed by atoms with Gasteiger partial charge in [0.15, 0.2) is 0 Å². The highest BCUT2D eigenvalue weighted by Gasteiger charge is 2.42. The number of cyclic esters (lactones) is 1. The number of nitrogens with zero attached hydrogens (tertiary/aromatic N) is 1. The number of hydrogen-bond acceptors (Lipinski definition) is 4. The predicted molar refractivity (Wildman–Crippen MR) is 66.5 cm³/mol. The molecule has 0 spiro atoms. The Bertz CT molecular complexity index is 468.